The molecule has 0 aromatic heterocycles. The molecule has 0 radical (unpaired) electrons. The van der Waals surface area contributed by atoms with Gasteiger partial charge in [-0.1, -0.05) is 18.2 Å². The van der Waals surface area contributed by atoms with Crippen LogP contribution in [0.4, 0.5) is 0 Å². The number of halogens is 1. The van der Waals surface area contributed by atoms with Crippen molar-refractivity contribution in [1.82, 2.24) is 0 Å². The van der Waals surface area contributed by atoms with Crippen molar-refractivity contribution in [3.8, 4) is 0 Å². The van der Waals surface area contributed by atoms with E-state index in [9.17, 15) is 4.79 Å². The molecule has 1 unspecified atom stereocenters. The first-order valence-corrected chi connectivity index (χ1v) is 5.73. The van der Waals surface area contributed by atoms with Gasteiger partial charge in [-0.05, 0) is 36.5 Å². The Balaban J connectivity index is 0.00000144. The van der Waals surface area contributed by atoms with E-state index in [-0.39, 0.29) is 24.4 Å². The number of hydrogen-bond acceptors (Lipinski definition) is 3. The Morgan fingerprint density at radius 2 is 2.29 bits per heavy atom. The first kappa shape index (κ1) is 14.0. The van der Waals surface area contributed by atoms with E-state index in [1.807, 2.05) is 19.1 Å². The Bertz CT molecular complexity index is 406. The van der Waals surface area contributed by atoms with Gasteiger partial charge in [0.05, 0.1) is 13.0 Å². The van der Waals surface area contributed by atoms with Gasteiger partial charge in [-0.15, -0.1) is 12.4 Å². The molecule has 0 heterocycles. The Morgan fingerprint density at radius 3 is 3.00 bits per heavy atom. The standard InChI is InChI=1S/C13H17NO2.ClH/c1-2-16-13(15)8-9-3-4-10-5-6-12(14)11(10)7-9;/h3-4,7,12H,2,5-6,8,14H2,1H3;1H. The number of fused-ring (bicyclic) bond motifs is 1. The van der Waals surface area contributed by atoms with Crippen LogP contribution >= 0.6 is 12.4 Å². The predicted octanol–water partition coefficient (Wildman–Crippen LogP) is 2.16. The van der Waals surface area contributed by atoms with Gasteiger partial charge in [0.25, 0.3) is 0 Å². The fourth-order valence-corrected chi connectivity index (χ4v) is 2.17. The Morgan fingerprint density at radius 1 is 1.53 bits per heavy atom. The zero-order valence-electron chi connectivity index (χ0n) is 9.94. The summed E-state index contributed by atoms with van der Waals surface area (Å²) >= 11 is 0. The van der Waals surface area contributed by atoms with Crippen LogP contribution in [0, 0.1) is 0 Å². The highest BCUT2D eigenvalue weighted by molar-refractivity contribution is 5.85. The lowest BCUT2D eigenvalue weighted by Gasteiger charge is -2.07. The van der Waals surface area contributed by atoms with Gasteiger partial charge in [-0.2, -0.15) is 0 Å². The van der Waals surface area contributed by atoms with Crippen LogP contribution < -0.4 is 5.73 Å². The van der Waals surface area contributed by atoms with Crippen LogP contribution in [0.25, 0.3) is 0 Å². The number of carbonyl (C=O) groups is 1. The molecule has 0 fully saturated rings. The third-order valence-corrected chi connectivity index (χ3v) is 2.99. The zero-order valence-corrected chi connectivity index (χ0v) is 10.8. The van der Waals surface area contributed by atoms with Crippen LogP contribution in [0.3, 0.4) is 0 Å². The summed E-state index contributed by atoms with van der Waals surface area (Å²) in [6.07, 6.45) is 2.40. The third-order valence-electron chi connectivity index (χ3n) is 2.99. The number of ether oxygens (including phenoxy) is 1. The predicted molar refractivity (Wildman–Crippen MR) is 69.3 cm³/mol. The highest BCUT2D eigenvalue weighted by Gasteiger charge is 2.19. The van der Waals surface area contributed by atoms with Gasteiger partial charge in [-0.3, -0.25) is 4.79 Å². The molecule has 0 saturated heterocycles. The van der Waals surface area contributed by atoms with Crippen molar-refractivity contribution in [3.63, 3.8) is 0 Å². The first-order chi connectivity index (χ1) is 7.70. The molecule has 2 rings (SSSR count). The zero-order chi connectivity index (χ0) is 11.5. The van der Waals surface area contributed by atoms with E-state index in [0.29, 0.717) is 13.0 Å². The van der Waals surface area contributed by atoms with Crippen molar-refractivity contribution in [2.75, 3.05) is 6.61 Å². The van der Waals surface area contributed by atoms with Crippen LogP contribution in [0.15, 0.2) is 18.2 Å². The van der Waals surface area contributed by atoms with E-state index >= 15 is 0 Å². The Kier molecular flexibility index (Phi) is 4.97. The number of esters is 1. The van der Waals surface area contributed by atoms with Crippen LogP contribution in [0.5, 0.6) is 0 Å². The number of rotatable bonds is 3. The van der Waals surface area contributed by atoms with E-state index < -0.39 is 0 Å². The van der Waals surface area contributed by atoms with Crippen molar-refractivity contribution >= 4 is 18.4 Å². The molecular formula is C13H18ClNO2. The van der Waals surface area contributed by atoms with Gasteiger partial charge >= 0.3 is 5.97 Å². The molecule has 0 amide bonds. The Labute approximate surface area is 108 Å². The summed E-state index contributed by atoms with van der Waals surface area (Å²) in [6, 6.07) is 6.26. The molecule has 1 aliphatic carbocycles. The van der Waals surface area contributed by atoms with Crippen molar-refractivity contribution in [2.24, 2.45) is 5.73 Å². The maximum Gasteiger partial charge on any atom is 0.310 e. The molecule has 3 nitrogen and oxygen atoms in total. The molecule has 0 aliphatic heterocycles. The van der Waals surface area contributed by atoms with E-state index in [1.165, 1.54) is 11.1 Å². The molecule has 1 aromatic rings. The van der Waals surface area contributed by atoms with E-state index in [1.54, 1.807) is 0 Å². The minimum absolute atomic E-state index is 0. The highest BCUT2D eigenvalue weighted by Crippen LogP contribution is 2.29. The van der Waals surface area contributed by atoms with Gasteiger partial charge in [-0.25, -0.2) is 0 Å². The number of hydrogen-bond donors (Lipinski definition) is 1. The fraction of sp³-hybridized carbons (Fsp3) is 0.462. The number of carbonyl (C=O) groups excluding carboxylic acids is 1. The van der Waals surface area contributed by atoms with Gasteiger partial charge in [0.2, 0.25) is 0 Å². The summed E-state index contributed by atoms with van der Waals surface area (Å²) < 4.78 is 4.92. The summed E-state index contributed by atoms with van der Waals surface area (Å²) in [5, 5.41) is 0. The SMILES string of the molecule is CCOC(=O)Cc1ccc2c(c1)C(N)CC2.Cl. The second kappa shape index (κ2) is 6.03. The summed E-state index contributed by atoms with van der Waals surface area (Å²) in [5.74, 6) is -0.172. The van der Waals surface area contributed by atoms with Crippen LogP contribution in [0.1, 0.15) is 36.1 Å². The number of aryl methyl sites for hydroxylation is 1. The average Bonchev–Trinajstić information content (AvgIpc) is 2.61. The summed E-state index contributed by atoms with van der Waals surface area (Å²) in [5.41, 5.74) is 9.50. The molecule has 4 heteroatoms. The molecule has 1 aromatic carbocycles. The summed E-state index contributed by atoms with van der Waals surface area (Å²) in [4.78, 5) is 11.3. The molecule has 94 valence electrons. The minimum atomic E-state index is -0.172. The van der Waals surface area contributed by atoms with Gasteiger partial charge < -0.3 is 10.5 Å². The molecule has 1 atom stereocenters. The lowest BCUT2D eigenvalue weighted by Crippen LogP contribution is -2.09. The molecule has 0 bridgehead atoms. The van der Waals surface area contributed by atoms with Crippen molar-refractivity contribution < 1.29 is 9.53 Å². The van der Waals surface area contributed by atoms with Crippen LogP contribution in [0.2, 0.25) is 0 Å². The Hall–Kier alpha value is -1.06. The molecule has 0 saturated carbocycles. The number of nitrogens with two attached hydrogens (primary N) is 1. The maximum atomic E-state index is 11.3. The molecular weight excluding hydrogens is 238 g/mol. The largest absolute Gasteiger partial charge is 0.466 e. The van der Waals surface area contributed by atoms with Gasteiger partial charge in [0, 0.05) is 6.04 Å². The van der Waals surface area contributed by atoms with E-state index in [2.05, 4.69) is 6.07 Å². The molecule has 2 N–H and O–H groups in total. The second-order valence-electron chi connectivity index (χ2n) is 4.16. The van der Waals surface area contributed by atoms with E-state index in [0.717, 1.165) is 18.4 Å². The fourth-order valence-electron chi connectivity index (χ4n) is 2.17. The third kappa shape index (κ3) is 3.20. The van der Waals surface area contributed by atoms with Gasteiger partial charge in [0.15, 0.2) is 0 Å². The summed E-state index contributed by atoms with van der Waals surface area (Å²) in [7, 11) is 0. The lowest BCUT2D eigenvalue weighted by molar-refractivity contribution is -0.142. The van der Waals surface area contributed by atoms with Crippen LogP contribution in [-0.2, 0) is 22.4 Å². The first-order valence-electron chi connectivity index (χ1n) is 5.73. The monoisotopic (exact) mass is 255 g/mol. The highest BCUT2D eigenvalue weighted by atomic mass is 35.5. The smallest absolute Gasteiger partial charge is 0.310 e. The van der Waals surface area contributed by atoms with Crippen molar-refractivity contribution in [2.45, 2.75) is 32.2 Å². The van der Waals surface area contributed by atoms with Crippen molar-refractivity contribution in [3.05, 3.63) is 34.9 Å². The topological polar surface area (TPSA) is 52.3 Å². The second-order valence-corrected chi connectivity index (χ2v) is 4.16. The normalized spacial score (nSPS) is 17.2. The molecule has 1 aliphatic rings. The molecule has 17 heavy (non-hydrogen) atoms. The quantitative estimate of drug-likeness (QED) is 0.842. The van der Waals surface area contributed by atoms with Crippen LogP contribution in [-0.4, -0.2) is 12.6 Å². The lowest BCUT2D eigenvalue weighted by atomic mass is 10.0. The van der Waals surface area contributed by atoms with E-state index in [4.69, 9.17) is 10.5 Å². The number of benzene rings is 1. The maximum absolute atomic E-state index is 11.3. The van der Waals surface area contributed by atoms with Crippen molar-refractivity contribution in [1.29, 1.82) is 0 Å². The average molecular weight is 256 g/mol. The van der Waals surface area contributed by atoms with Gasteiger partial charge in [0.1, 0.15) is 0 Å². The minimum Gasteiger partial charge on any atom is -0.466 e. The summed E-state index contributed by atoms with van der Waals surface area (Å²) in [6.45, 7) is 2.25. The molecule has 0 spiro atoms.